The van der Waals surface area contributed by atoms with Gasteiger partial charge in [-0.3, -0.25) is 4.79 Å². The Morgan fingerprint density at radius 3 is 2.50 bits per heavy atom. The normalized spacial score (nSPS) is 15.5. The molecular weight excluding hydrogens is 270 g/mol. The number of aryl methyl sites for hydroxylation is 1. The molecule has 2 heteroatoms. The average molecular weight is 291 g/mol. The molecule has 1 N–H and O–H groups in total. The highest BCUT2D eigenvalue weighted by atomic mass is 16.1. The number of rotatable bonds is 3. The summed E-state index contributed by atoms with van der Waals surface area (Å²) in [5.74, 6) is 0.552. The third kappa shape index (κ3) is 3.11. The lowest BCUT2D eigenvalue weighted by Crippen LogP contribution is -2.11. The zero-order valence-corrected chi connectivity index (χ0v) is 13.1. The first kappa shape index (κ1) is 14.6. The molecule has 1 heterocycles. The second kappa shape index (κ2) is 6.18. The number of ketones is 1. The summed E-state index contributed by atoms with van der Waals surface area (Å²) in [6.07, 6.45) is 3.60. The first-order chi connectivity index (χ1) is 10.6. The smallest absolute Gasteiger partial charge is 0.187 e. The maximum Gasteiger partial charge on any atom is 0.187 e. The fourth-order valence-corrected chi connectivity index (χ4v) is 2.75. The van der Waals surface area contributed by atoms with Crippen molar-refractivity contribution in [2.24, 2.45) is 0 Å². The molecule has 0 bridgehead atoms. The van der Waals surface area contributed by atoms with Gasteiger partial charge >= 0.3 is 0 Å². The lowest BCUT2D eigenvalue weighted by Gasteiger charge is -2.20. The molecule has 0 spiro atoms. The van der Waals surface area contributed by atoms with Crippen LogP contribution in [0, 0.1) is 0 Å². The van der Waals surface area contributed by atoms with Crippen molar-refractivity contribution < 1.29 is 4.79 Å². The van der Waals surface area contributed by atoms with E-state index in [1.54, 1.807) is 6.08 Å². The number of allylic oxidation sites excluding steroid dienone is 2. The zero-order chi connectivity index (χ0) is 15.5. The van der Waals surface area contributed by atoms with Gasteiger partial charge in [-0.05, 0) is 36.0 Å². The van der Waals surface area contributed by atoms with Crippen LogP contribution in [0.2, 0.25) is 0 Å². The number of carbonyl (C=O) groups excluding carboxylic acids is 1. The minimum Gasteiger partial charge on any atom is -0.359 e. The maximum atomic E-state index is 12.4. The Hall–Kier alpha value is -2.35. The molecular formula is C20H21NO. The van der Waals surface area contributed by atoms with E-state index in [1.807, 2.05) is 30.3 Å². The molecule has 2 aromatic rings. The van der Waals surface area contributed by atoms with E-state index >= 15 is 0 Å². The molecule has 0 amide bonds. The lowest BCUT2D eigenvalue weighted by molar-refractivity contribution is 0.104. The molecule has 22 heavy (non-hydrogen) atoms. The topological polar surface area (TPSA) is 29.1 Å². The molecule has 0 aliphatic carbocycles. The van der Waals surface area contributed by atoms with Gasteiger partial charge in [0.1, 0.15) is 0 Å². The summed E-state index contributed by atoms with van der Waals surface area (Å²) in [6, 6.07) is 16.2. The maximum absolute atomic E-state index is 12.4. The zero-order valence-electron chi connectivity index (χ0n) is 13.1. The SMILES string of the molecule is CC(C)c1ccc(C(=O)/C=C2/CCc3ccccc3N2)cc1. The molecule has 0 saturated heterocycles. The number of benzene rings is 2. The highest BCUT2D eigenvalue weighted by molar-refractivity contribution is 6.05. The molecule has 0 unspecified atom stereocenters. The largest absolute Gasteiger partial charge is 0.359 e. The van der Waals surface area contributed by atoms with Crippen molar-refractivity contribution in [3.63, 3.8) is 0 Å². The summed E-state index contributed by atoms with van der Waals surface area (Å²) < 4.78 is 0. The van der Waals surface area contributed by atoms with E-state index in [1.165, 1.54) is 11.1 Å². The molecule has 2 nitrogen and oxygen atoms in total. The van der Waals surface area contributed by atoms with Gasteiger partial charge in [-0.15, -0.1) is 0 Å². The van der Waals surface area contributed by atoms with Gasteiger partial charge in [-0.25, -0.2) is 0 Å². The molecule has 2 aromatic carbocycles. The van der Waals surface area contributed by atoms with E-state index in [2.05, 4.69) is 37.4 Å². The summed E-state index contributed by atoms with van der Waals surface area (Å²) >= 11 is 0. The van der Waals surface area contributed by atoms with Crippen molar-refractivity contribution >= 4 is 11.5 Å². The van der Waals surface area contributed by atoms with E-state index in [9.17, 15) is 4.79 Å². The molecule has 3 rings (SSSR count). The number of nitrogens with one attached hydrogen (secondary N) is 1. The molecule has 0 radical (unpaired) electrons. The summed E-state index contributed by atoms with van der Waals surface area (Å²) in [5.41, 5.74) is 5.43. The lowest BCUT2D eigenvalue weighted by atomic mass is 9.98. The molecule has 0 atom stereocenters. The molecule has 0 aromatic heterocycles. The van der Waals surface area contributed by atoms with E-state index in [0.29, 0.717) is 5.92 Å². The van der Waals surface area contributed by atoms with Crippen LogP contribution < -0.4 is 5.32 Å². The van der Waals surface area contributed by atoms with Crippen LogP contribution in [0.5, 0.6) is 0 Å². The first-order valence-electron chi connectivity index (χ1n) is 7.83. The van der Waals surface area contributed by atoms with Crippen molar-refractivity contribution in [3.8, 4) is 0 Å². The number of anilines is 1. The van der Waals surface area contributed by atoms with Gasteiger partial charge in [0, 0.05) is 23.0 Å². The van der Waals surface area contributed by atoms with Crippen LogP contribution in [0.25, 0.3) is 0 Å². The summed E-state index contributed by atoms with van der Waals surface area (Å²) in [7, 11) is 0. The predicted molar refractivity (Wildman–Crippen MR) is 91.3 cm³/mol. The Labute approximate surface area is 131 Å². The van der Waals surface area contributed by atoms with Gasteiger partial charge in [0.05, 0.1) is 0 Å². The van der Waals surface area contributed by atoms with E-state index in [4.69, 9.17) is 0 Å². The molecule has 0 fully saturated rings. The van der Waals surface area contributed by atoms with Gasteiger partial charge in [-0.1, -0.05) is 56.3 Å². The van der Waals surface area contributed by atoms with E-state index in [-0.39, 0.29) is 5.78 Å². The van der Waals surface area contributed by atoms with Crippen LogP contribution in [0.4, 0.5) is 5.69 Å². The van der Waals surface area contributed by atoms with Crippen LogP contribution in [0.3, 0.4) is 0 Å². The highest BCUT2D eigenvalue weighted by Crippen LogP contribution is 2.26. The van der Waals surface area contributed by atoms with Crippen molar-refractivity contribution in [2.45, 2.75) is 32.6 Å². The van der Waals surface area contributed by atoms with Gasteiger partial charge < -0.3 is 5.32 Å². The van der Waals surface area contributed by atoms with Gasteiger partial charge in [0.15, 0.2) is 5.78 Å². The highest BCUT2D eigenvalue weighted by Gasteiger charge is 2.13. The minimum atomic E-state index is 0.0668. The molecule has 0 saturated carbocycles. The van der Waals surface area contributed by atoms with E-state index < -0.39 is 0 Å². The van der Waals surface area contributed by atoms with Crippen LogP contribution in [0.15, 0.2) is 60.3 Å². The Morgan fingerprint density at radius 1 is 1.05 bits per heavy atom. The Kier molecular flexibility index (Phi) is 4.10. The number of fused-ring (bicyclic) bond motifs is 1. The van der Waals surface area contributed by atoms with E-state index in [0.717, 1.165) is 29.8 Å². The quantitative estimate of drug-likeness (QED) is 0.641. The number of carbonyl (C=O) groups is 1. The first-order valence-corrected chi connectivity index (χ1v) is 7.83. The Balaban J connectivity index is 1.76. The second-order valence-corrected chi connectivity index (χ2v) is 6.09. The van der Waals surface area contributed by atoms with Crippen molar-refractivity contribution in [2.75, 3.05) is 5.32 Å². The van der Waals surface area contributed by atoms with Crippen LogP contribution >= 0.6 is 0 Å². The molecule has 112 valence electrons. The third-order valence-electron chi connectivity index (χ3n) is 4.14. The fourth-order valence-electron chi connectivity index (χ4n) is 2.75. The monoisotopic (exact) mass is 291 g/mol. The third-order valence-corrected chi connectivity index (χ3v) is 4.14. The Morgan fingerprint density at radius 2 is 1.77 bits per heavy atom. The number of hydrogen-bond acceptors (Lipinski definition) is 2. The van der Waals surface area contributed by atoms with Crippen LogP contribution in [0.1, 0.15) is 47.7 Å². The standard InChI is InChI=1S/C20H21NO/c1-14(2)15-7-9-17(10-8-15)20(22)13-18-12-11-16-5-3-4-6-19(16)21-18/h3-10,13-14,21H,11-12H2,1-2H3/b18-13-. The van der Waals surface area contributed by atoms with Crippen molar-refractivity contribution in [1.29, 1.82) is 0 Å². The van der Waals surface area contributed by atoms with Crippen LogP contribution in [-0.2, 0) is 6.42 Å². The fraction of sp³-hybridized carbons (Fsp3) is 0.250. The predicted octanol–water partition coefficient (Wildman–Crippen LogP) is 4.93. The summed E-state index contributed by atoms with van der Waals surface area (Å²) in [5, 5.41) is 3.37. The van der Waals surface area contributed by atoms with Gasteiger partial charge in [-0.2, -0.15) is 0 Å². The second-order valence-electron chi connectivity index (χ2n) is 6.09. The molecule has 1 aliphatic heterocycles. The Bertz CT molecular complexity index is 711. The number of para-hydroxylation sites is 1. The van der Waals surface area contributed by atoms with Gasteiger partial charge in [0.25, 0.3) is 0 Å². The summed E-state index contributed by atoms with van der Waals surface area (Å²) in [6.45, 7) is 4.31. The average Bonchev–Trinajstić information content (AvgIpc) is 2.55. The van der Waals surface area contributed by atoms with Gasteiger partial charge in [0.2, 0.25) is 0 Å². The minimum absolute atomic E-state index is 0.0668. The number of hydrogen-bond donors (Lipinski definition) is 1. The van der Waals surface area contributed by atoms with Crippen LogP contribution in [-0.4, -0.2) is 5.78 Å². The van der Waals surface area contributed by atoms with Crippen molar-refractivity contribution in [3.05, 3.63) is 77.0 Å². The summed E-state index contributed by atoms with van der Waals surface area (Å²) in [4.78, 5) is 12.4. The van der Waals surface area contributed by atoms with Crippen molar-refractivity contribution in [1.82, 2.24) is 0 Å². The molecule has 1 aliphatic rings.